The molecule has 0 radical (unpaired) electrons. The summed E-state index contributed by atoms with van der Waals surface area (Å²) in [5, 5.41) is 3.70. The molecule has 0 fully saturated rings. The van der Waals surface area contributed by atoms with E-state index in [9.17, 15) is 0 Å². The molecule has 0 aliphatic rings. The van der Waals surface area contributed by atoms with E-state index < -0.39 is 0 Å². The molecule has 0 saturated carbocycles. The van der Waals surface area contributed by atoms with Crippen LogP contribution >= 0.6 is 0 Å². The van der Waals surface area contributed by atoms with Crippen LogP contribution in [0.3, 0.4) is 0 Å². The minimum Gasteiger partial charge on any atom is -0.313 e. The first-order chi connectivity index (χ1) is 8.60. The zero-order valence-corrected chi connectivity index (χ0v) is 12.7. The zero-order chi connectivity index (χ0) is 13.5. The van der Waals surface area contributed by atoms with Crippen LogP contribution in [0.15, 0.2) is 18.2 Å². The van der Waals surface area contributed by atoms with Crippen LogP contribution < -0.4 is 5.32 Å². The molecule has 0 amide bonds. The van der Waals surface area contributed by atoms with E-state index in [-0.39, 0.29) is 0 Å². The van der Waals surface area contributed by atoms with E-state index >= 15 is 0 Å². The molecular weight excluding hydrogens is 218 g/mol. The van der Waals surface area contributed by atoms with Crippen LogP contribution in [0, 0.1) is 13.8 Å². The van der Waals surface area contributed by atoms with Gasteiger partial charge in [-0.05, 0) is 55.8 Å². The second-order valence-corrected chi connectivity index (χ2v) is 5.48. The van der Waals surface area contributed by atoms with E-state index in [0.717, 1.165) is 6.54 Å². The van der Waals surface area contributed by atoms with Crippen molar-refractivity contribution in [3.05, 3.63) is 34.9 Å². The van der Waals surface area contributed by atoms with Gasteiger partial charge >= 0.3 is 0 Å². The van der Waals surface area contributed by atoms with Gasteiger partial charge in [-0.3, -0.25) is 0 Å². The van der Waals surface area contributed by atoms with Gasteiger partial charge in [0.1, 0.15) is 0 Å². The number of nitrogens with one attached hydrogen (secondary N) is 1. The SMILES string of the molecule is CCCNC(CCC)C(C)c1ccc(C)c(C)c1. The Kier molecular flexibility index (Phi) is 6.42. The predicted molar refractivity (Wildman–Crippen MR) is 81.3 cm³/mol. The van der Waals surface area contributed by atoms with Gasteiger partial charge in [-0.15, -0.1) is 0 Å². The Balaban J connectivity index is 2.79. The number of hydrogen-bond acceptors (Lipinski definition) is 1. The highest BCUT2D eigenvalue weighted by Gasteiger charge is 2.17. The van der Waals surface area contributed by atoms with E-state index in [2.05, 4.69) is 58.1 Å². The van der Waals surface area contributed by atoms with Crippen molar-refractivity contribution in [3.63, 3.8) is 0 Å². The van der Waals surface area contributed by atoms with Crippen LogP contribution in [0.1, 0.15) is 62.6 Å². The Morgan fingerprint density at radius 1 is 1.06 bits per heavy atom. The molecular formula is C17H29N. The molecule has 1 aromatic rings. The lowest BCUT2D eigenvalue weighted by atomic mass is 9.89. The summed E-state index contributed by atoms with van der Waals surface area (Å²) in [5.74, 6) is 0.593. The number of rotatable bonds is 7. The summed E-state index contributed by atoms with van der Waals surface area (Å²) in [6.45, 7) is 12.4. The van der Waals surface area contributed by atoms with Crippen molar-refractivity contribution in [2.24, 2.45) is 0 Å². The van der Waals surface area contributed by atoms with E-state index in [1.165, 1.54) is 36.0 Å². The van der Waals surface area contributed by atoms with Gasteiger partial charge in [0.25, 0.3) is 0 Å². The molecule has 0 saturated heterocycles. The Hall–Kier alpha value is -0.820. The fourth-order valence-corrected chi connectivity index (χ4v) is 2.45. The van der Waals surface area contributed by atoms with Gasteiger partial charge in [-0.25, -0.2) is 0 Å². The van der Waals surface area contributed by atoms with Crippen LogP contribution in [-0.4, -0.2) is 12.6 Å². The molecule has 0 aliphatic carbocycles. The molecule has 1 N–H and O–H groups in total. The lowest BCUT2D eigenvalue weighted by molar-refractivity contribution is 0.420. The van der Waals surface area contributed by atoms with Gasteiger partial charge in [-0.2, -0.15) is 0 Å². The van der Waals surface area contributed by atoms with Gasteiger partial charge in [0.2, 0.25) is 0 Å². The fraction of sp³-hybridized carbons (Fsp3) is 0.647. The minimum atomic E-state index is 0.593. The first-order valence-electron chi connectivity index (χ1n) is 7.40. The maximum Gasteiger partial charge on any atom is 0.0133 e. The first-order valence-corrected chi connectivity index (χ1v) is 7.40. The summed E-state index contributed by atoms with van der Waals surface area (Å²) < 4.78 is 0. The van der Waals surface area contributed by atoms with Crippen LogP contribution in [0.2, 0.25) is 0 Å². The maximum absolute atomic E-state index is 3.70. The quantitative estimate of drug-likeness (QED) is 0.744. The van der Waals surface area contributed by atoms with Crippen molar-refractivity contribution in [1.29, 1.82) is 0 Å². The summed E-state index contributed by atoms with van der Waals surface area (Å²) >= 11 is 0. The van der Waals surface area contributed by atoms with Crippen LogP contribution in [0.4, 0.5) is 0 Å². The summed E-state index contributed by atoms with van der Waals surface area (Å²) in [6, 6.07) is 7.51. The van der Waals surface area contributed by atoms with Gasteiger partial charge < -0.3 is 5.32 Å². The molecule has 18 heavy (non-hydrogen) atoms. The molecule has 2 unspecified atom stereocenters. The van der Waals surface area contributed by atoms with Crippen molar-refractivity contribution in [3.8, 4) is 0 Å². The average molecular weight is 247 g/mol. The van der Waals surface area contributed by atoms with Crippen molar-refractivity contribution in [1.82, 2.24) is 5.32 Å². The zero-order valence-electron chi connectivity index (χ0n) is 12.7. The summed E-state index contributed by atoms with van der Waals surface area (Å²) in [4.78, 5) is 0. The molecule has 1 rings (SSSR count). The standard InChI is InChI=1S/C17H29N/c1-6-8-17(18-11-7-2)15(5)16-10-9-13(3)14(4)12-16/h9-10,12,15,17-18H,6-8,11H2,1-5H3. The lowest BCUT2D eigenvalue weighted by Gasteiger charge is -2.26. The van der Waals surface area contributed by atoms with Crippen molar-refractivity contribution < 1.29 is 0 Å². The van der Waals surface area contributed by atoms with Crippen molar-refractivity contribution in [2.75, 3.05) is 6.54 Å². The summed E-state index contributed by atoms with van der Waals surface area (Å²) in [7, 11) is 0. The largest absolute Gasteiger partial charge is 0.313 e. The number of benzene rings is 1. The third-order valence-electron chi connectivity index (χ3n) is 3.92. The van der Waals surface area contributed by atoms with E-state index in [1.807, 2.05) is 0 Å². The smallest absolute Gasteiger partial charge is 0.0133 e. The highest BCUT2D eigenvalue weighted by molar-refractivity contribution is 5.32. The maximum atomic E-state index is 3.70. The van der Waals surface area contributed by atoms with Gasteiger partial charge in [0, 0.05) is 6.04 Å². The molecule has 0 aromatic heterocycles. The number of hydrogen-bond donors (Lipinski definition) is 1. The third-order valence-corrected chi connectivity index (χ3v) is 3.92. The topological polar surface area (TPSA) is 12.0 Å². The van der Waals surface area contributed by atoms with Crippen molar-refractivity contribution in [2.45, 2.75) is 65.8 Å². The molecule has 0 heterocycles. The average Bonchev–Trinajstić information content (AvgIpc) is 2.37. The molecule has 1 nitrogen and oxygen atoms in total. The Morgan fingerprint density at radius 3 is 2.33 bits per heavy atom. The minimum absolute atomic E-state index is 0.593. The molecule has 0 spiro atoms. The van der Waals surface area contributed by atoms with Crippen molar-refractivity contribution >= 4 is 0 Å². The van der Waals surface area contributed by atoms with Crippen LogP contribution in [0.5, 0.6) is 0 Å². The van der Waals surface area contributed by atoms with Gasteiger partial charge in [0.05, 0.1) is 0 Å². The molecule has 0 aliphatic heterocycles. The van der Waals surface area contributed by atoms with E-state index in [4.69, 9.17) is 0 Å². The Bertz CT molecular complexity index is 357. The fourth-order valence-electron chi connectivity index (χ4n) is 2.45. The van der Waals surface area contributed by atoms with Gasteiger partial charge in [-0.1, -0.05) is 45.4 Å². The molecule has 102 valence electrons. The van der Waals surface area contributed by atoms with Gasteiger partial charge in [0.15, 0.2) is 0 Å². The summed E-state index contributed by atoms with van der Waals surface area (Å²) in [5.41, 5.74) is 4.27. The van der Waals surface area contributed by atoms with E-state index in [0.29, 0.717) is 12.0 Å². The second-order valence-electron chi connectivity index (χ2n) is 5.48. The monoisotopic (exact) mass is 247 g/mol. The normalized spacial score (nSPS) is 14.5. The van der Waals surface area contributed by atoms with Crippen LogP contribution in [-0.2, 0) is 0 Å². The third kappa shape index (κ3) is 4.13. The van der Waals surface area contributed by atoms with Crippen LogP contribution in [0.25, 0.3) is 0 Å². The lowest BCUT2D eigenvalue weighted by Crippen LogP contribution is -2.34. The Labute approximate surface area is 113 Å². The Morgan fingerprint density at radius 2 is 1.78 bits per heavy atom. The van der Waals surface area contributed by atoms with E-state index in [1.54, 1.807) is 0 Å². The molecule has 0 bridgehead atoms. The highest BCUT2D eigenvalue weighted by Crippen LogP contribution is 2.24. The highest BCUT2D eigenvalue weighted by atomic mass is 14.9. The molecule has 2 atom stereocenters. The number of aryl methyl sites for hydroxylation is 2. The second kappa shape index (κ2) is 7.58. The molecule has 1 heteroatoms. The first kappa shape index (κ1) is 15.2. The summed E-state index contributed by atoms with van der Waals surface area (Å²) in [6.07, 6.45) is 3.71. The molecule has 1 aromatic carbocycles. The predicted octanol–water partition coefficient (Wildman–Crippen LogP) is 4.58.